The van der Waals surface area contributed by atoms with E-state index in [0.29, 0.717) is 12.2 Å². The van der Waals surface area contributed by atoms with Gasteiger partial charge in [-0.1, -0.05) is 42.5 Å². The number of para-hydroxylation sites is 2. The zero-order chi connectivity index (χ0) is 22.4. The summed E-state index contributed by atoms with van der Waals surface area (Å²) in [4.78, 5) is 17.2. The molecule has 0 bridgehead atoms. The maximum absolute atomic E-state index is 14.4. The normalized spacial score (nSPS) is 11.4. The molecule has 0 saturated carbocycles. The first-order chi connectivity index (χ1) is 16.2. The highest BCUT2D eigenvalue weighted by atomic mass is 19.1. The van der Waals surface area contributed by atoms with Crippen LogP contribution in [-0.2, 0) is 6.54 Å². The van der Waals surface area contributed by atoms with Gasteiger partial charge in [-0.2, -0.15) is 14.9 Å². The summed E-state index contributed by atoms with van der Waals surface area (Å²) < 4.78 is 19.2. The van der Waals surface area contributed by atoms with E-state index >= 15 is 0 Å². The fourth-order valence-electron chi connectivity index (χ4n) is 4.01. The van der Waals surface area contributed by atoms with Gasteiger partial charge in [0.05, 0.1) is 18.4 Å². The molecular weight excluding hydrogens is 419 g/mol. The first-order valence-electron chi connectivity index (χ1n) is 10.4. The van der Waals surface area contributed by atoms with E-state index in [1.54, 1.807) is 29.3 Å². The zero-order valence-electron chi connectivity index (χ0n) is 17.3. The van der Waals surface area contributed by atoms with E-state index in [1.807, 2.05) is 59.3 Å². The lowest BCUT2D eigenvalue weighted by Crippen LogP contribution is -2.18. The Morgan fingerprint density at radius 1 is 0.848 bits per heavy atom. The van der Waals surface area contributed by atoms with Gasteiger partial charge in [0.1, 0.15) is 17.2 Å². The standard InChI is InChI=1S/C25H17FN6O/c26-20-6-2-4-8-22(20)32-25(33)24-23(29-32)19-5-1-3-7-21(19)31(28-24)15-17-9-11-18(12-10-17)30-14-13-27-16-30/h1-14,16H,15H2. The molecule has 4 aromatic rings. The Morgan fingerprint density at radius 3 is 2.42 bits per heavy atom. The highest BCUT2D eigenvalue weighted by Gasteiger charge is 2.23. The molecule has 1 aromatic heterocycles. The van der Waals surface area contributed by atoms with Gasteiger partial charge >= 0.3 is 5.56 Å². The van der Waals surface area contributed by atoms with Crippen molar-refractivity contribution in [1.29, 1.82) is 0 Å². The van der Waals surface area contributed by atoms with E-state index in [9.17, 15) is 9.18 Å². The fraction of sp³-hybridized carbons (Fsp3) is 0.0400. The SMILES string of the molecule is O=c1c2nn(Cc3ccc(-n4ccnc4)cc3)c3ccccc3c-2nn1-c1ccccc1F. The lowest BCUT2D eigenvalue weighted by Gasteiger charge is -2.13. The van der Waals surface area contributed by atoms with Crippen LogP contribution in [0.1, 0.15) is 5.56 Å². The summed E-state index contributed by atoms with van der Waals surface area (Å²) in [5.74, 6) is -0.516. The number of nitrogens with zero attached hydrogens (tertiary/aromatic N) is 6. The van der Waals surface area contributed by atoms with Gasteiger partial charge < -0.3 is 4.57 Å². The number of halogens is 1. The summed E-state index contributed by atoms with van der Waals surface area (Å²) in [7, 11) is 0. The summed E-state index contributed by atoms with van der Waals surface area (Å²) in [6.45, 7) is 0.463. The lowest BCUT2D eigenvalue weighted by molar-refractivity contribution is 0.609. The van der Waals surface area contributed by atoms with E-state index in [2.05, 4.69) is 15.2 Å². The first-order valence-corrected chi connectivity index (χ1v) is 10.4. The van der Waals surface area contributed by atoms with Gasteiger partial charge in [0.25, 0.3) is 0 Å². The second kappa shape index (κ2) is 7.52. The molecule has 3 aromatic carbocycles. The molecule has 0 fully saturated rings. The van der Waals surface area contributed by atoms with Crippen molar-refractivity contribution in [1.82, 2.24) is 29.1 Å². The maximum atomic E-state index is 14.4. The minimum Gasteiger partial charge on any atom is -0.306 e. The van der Waals surface area contributed by atoms with Crippen LogP contribution in [0.25, 0.3) is 33.7 Å². The molecule has 0 saturated heterocycles. The van der Waals surface area contributed by atoms with Crippen molar-refractivity contribution in [2.24, 2.45) is 0 Å². The Kier molecular flexibility index (Phi) is 4.36. The summed E-state index contributed by atoms with van der Waals surface area (Å²) in [6, 6.07) is 21.8. The number of hydrogen-bond acceptors (Lipinski definition) is 4. The molecule has 3 heterocycles. The molecule has 0 spiro atoms. The van der Waals surface area contributed by atoms with Gasteiger partial charge in [-0.25, -0.2) is 9.37 Å². The molecule has 2 aliphatic rings. The molecular formula is C25H17FN6O. The molecule has 0 unspecified atom stereocenters. The molecule has 160 valence electrons. The predicted molar refractivity (Wildman–Crippen MR) is 122 cm³/mol. The third-order valence-corrected chi connectivity index (χ3v) is 5.63. The monoisotopic (exact) mass is 436 g/mol. The zero-order valence-corrected chi connectivity index (χ0v) is 17.3. The molecule has 2 aliphatic heterocycles. The quantitative estimate of drug-likeness (QED) is 0.418. The van der Waals surface area contributed by atoms with Crippen LogP contribution in [0.3, 0.4) is 0 Å². The third-order valence-electron chi connectivity index (χ3n) is 5.63. The highest BCUT2D eigenvalue weighted by Crippen LogP contribution is 2.27. The average molecular weight is 436 g/mol. The van der Waals surface area contributed by atoms with Crippen molar-refractivity contribution >= 4 is 10.9 Å². The molecule has 0 amide bonds. The third kappa shape index (κ3) is 3.20. The Labute approximate surface area is 187 Å². The van der Waals surface area contributed by atoms with Gasteiger partial charge in [0.2, 0.25) is 0 Å². The van der Waals surface area contributed by atoms with E-state index in [0.717, 1.165) is 26.8 Å². The Morgan fingerprint density at radius 2 is 1.64 bits per heavy atom. The number of rotatable bonds is 4. The molecule has 0 atom stereocenters. The molecule has 6 rings (SSSR count). The van der Waals surface area contributed by atoms with Crippen LogP contribution < -0.4 is 5.56 Å². The topological polar surface area (TPSA) is 70.5 Å². The van der Waals surface area contributed by atoms with Crippen LogP contribution in [0.4, 0.5) is 4.39 Å². The first kappa shape index (κ1) is 19.1. The molecule has 33 heavy (non-hydrogen) atoms. The Hall–Kier alpha value is -4.59. The fourth-order valence-corrected chi connectivity index (χ4v) is 4.01. The van der Waals surface area contributed by atoms with Crippen LogP contribution in [0.5, 0.6) is 0 Å². The smallest absolute Gasteiger partial charge is 0.301 e. The predicted octanol–water partition coefficient (Wildman–Crippen LogP) is 4.06. The molecule has 0 radical (unpaired) electrons. The molecule has 0 N–H and O–H groups in total. The summed E-state index contributed by atoms with van der Waals surface area (Å²) in [5.41, 5.74) is 3.16. The van der Waals surface area contributed by atoms with Gasteiger partial charge in [-0.05, 0) is 35.9 Å². The highest BCUT2D eigenvalue weighted by molar-refractivity contribution is 5.92. The number of hydrogen-bond donors (Lipinski definition) is 0. The number of fused-ring (bicyclic) bond motifs is 3. The van der Waals surface area contributed by atoms with Crippen molar-refractivity contribution in [3.63, 3.8) is 0 Å². The average Bonchev–Trinajstić information content (AvgIpc) is 3.49. The maximum Gasteiger partial charge on any atom is 0.301 e. The minimum atomic E-state index is -0.516. The van der Waals surface area contributed by atoms with Crippen LogP contribution in [0, 0.1) is 5.82 Å². The van der Waals surface area contributed by atoms with Crippen LogP contribution in [0.15, 0.2) is 96.3 Å². The summed E-state index contributed by atoms with van der Waals surface area (Å²) in [5, 5.41) is 9.85. The Balaban J connectivity index is 1.48. The van der Waals surface area contributed by atoms with E-state index in [-0.39, 0.29) is 11.4 Å². The van der Waals surface area contributed by atoms with Crippen molar-refractivity contribution in [2.75, 3.05) is 0 Å². The Bertz CT molecular complexity index is 1620. The van der Waals surface area contributed by atoms with Crippen LogP contribution in [-0.4, -0.2) is 29.1 Å². The minimum absolute atomic E-state index is 0.103. The number of benzene rings is 3. The molecule has 8 heteroatoms. The van der Waals surface area contributed by atoms with E-state index < -0.39 is 11.4 Å². The number of aromatic nitrogens is 6. The second-order valence-electron chi connectivity index (χ2n) is 7.68. The van der Waals surface area contributed by atoms with E-state index in [4.69, 9.17) is 0 Å². The summed E-state index contributed by atoms with van der Waals surface area (Å²) >= 11 is 0. The van der Waals surface area contributed by atoms with E-state index in [1.165, 1.54) is 12.1 Å². The van der Waals surface area contributed by atoms with Crippen molar-refractivity contribution in [3.05, 3.63) is 113 Å². The van der Waals surface area contributed by atoms with Crippen LogP contribution >= 0.6 is 0 Å². The van der Waals surface area contributed by atoms with Gasteiger partial charge in [-0.15, -0.1) is 0 Å². The van der Waals surface area contributed by atoms with Crippen LogP contribution in [0.2, 0.25) is 0 Å². The largest absolute Gasteiger partial charge is 0.306 e. The van der Waals surface area contributed by atoms with Crippen molar-refractivity contribution < 1.29 is 4.39 Å². The van der Waals surface area contributed by atoms with Crippen molar-refractivity contribution in [3.8, 4) is 22.8 Å². The van der Waals surface area contributed by atoms with Gasteiger partial charge in [0.15, 0.2) is 5.69 Å². The number of imidazole rings is 1. The molecule has 0 aliphatic carbocycles. The second-order valence-corrected chi connectivity index (χ2v) is 7.68. The van der Waals surface area contributed by atoms with Gasteiger partial charge in [0, 0.05) is 23.5 Å². The van der Waals surface area contributed by atoms with Crippen molar-refractivity contribution in [2.45, 2.75) is 6.54 Å². The van der Waals surface area contributed by atoms with Gasteiger partial charge in [-0.3, -0.25) is 9.48 Å². The lowest BCUT2D eigenvalue weighted by atomic mass is 10.1. The summed E-state index contributed by atoms with van der Waals surface area (Å²) in [6.07, 6.45) is 5.36. The molecule has 7 nitrogen and oxygen atoms in total.